The van der Waals surface area contributed by atoms with Crippen molar-refractivity contribution in [1.29, 1.82) is 0 Å². The molecular weight excluding hydrogens is 317 g/mol. The summed E-state index contributed by atoms with van der Waals surface area (Å²) < 4.78 is 2.05. The van der Waals surface area contributed by atoms with Crippen LogP contribution in [0.2, 0.25) is 5.02 Å². The second-order valence-electron chi connectivity index (χ2n) is 5.09. The van der Waals surface area contributed by atoms with Gasteiger partial charge in [0, 0.05) is 10.6 Å². The molecule has 4 rings (SSSR count). The summed E-state index contributed by atoms with van der Waals surface area (Å²) in [7, 11) is -0.807. The van der Waals surface area contributed by atoms with Gasteiger partial charge in [0.15, 0.2) is 0 Å². The molecule has 0 aliphatic carbocycles. The van der Waals surface area contributed by atoms with Gasteiger partial charge in [-0.05, 0) is 31.2 Å². The molecule has 4 nitrogen and oxygen atoms in total. The second kappa shape index (κ2) is 5.38. The van der Waals surface area contributed by atoms with E-state index in [1.807, 2.05) is 49.4 Å². The molecule has 110 valence electrons. The van der Waals surface area contributed by atoms with Crippen LogP contribution in [-0.4, -0.2) is 17.0 Å². The normalized spacial score (nSPS) is 22.9. The van der Waals surface area contributed by atoms with E-state index in [4.69, 9.17) is 16.4 Å². The Balaban J connectivity index is 1.73. The van der Waals surface area contributed by atoms with Crippen LogP contribution in [0, 0.1) is 0 Å². The molecule has 0 fully saturated rings. The first-order chi connectivity index (χ1) is 10.7. The monoisotopic (exact) mass is 329 g/mol. The van der Waals surface area contributed by atoms with Crippen molar-refractivity contribution in [3.63, 3.8) is 0 Å². The van der Waals surface area contributed by atoms with Crippen LogP contribution in [0.15, 0.2) is 64.9 Å². The molecule has 2 aromatic rings. The Morgan fingerprint density at radius 3 is 2.55 bits per heavy atom. The van der Waals surface area contributed by atoms with Gasteiger partial charge in [-0.2, -0.15) is 5.10 Å². The molecule has 2 unspecified atom stereocenters. The molecular formula is C16H13ClN3OP. The maximum atomic E-state index is 5.98. The van der Waals surface area contributed by atoms with Gasteiger partial charge in [-0.25, -0.2) is 4.78 Å². The van der Waals surface area contributed by atoms with Crippen LogP contribution < -0.4 is 4.78 Å². The molecule has 2 aliphatic rings. The minimum atomic E-state index is -0.807. The summed E-state index contributed by atoms with van der Waals surface area (Å²) in [5, 5.41) is 9.72. The van der Waals surface area contributed by atoms with Crippen molar-refractivity contribution in [2.45, 2.75) is 12.8 Å². The Hall–Kier alpha value is -1.90. The number of nitrogens with zero attached hydrogens (tertiary/aromatic N) is 3. The van der Waals surface area contributed by atoms with E-state index in [2.05, 4.69) is 27.2 Å². The van der Waals surface area contributed by atoms with E-state index in [9.17, 15) is 0 Å². The van der Waals surface area contributed by atoms with Crippen molar-refractivity contribution >= 4 is 36.5 Å². The smallest absolute Gasteiger partial charge is 0.211 e. The zero-order valence-electron chi connectivity index (χ0n) is 11.8. The lowest BCUT2D eigenvalue weighted by Crippen LogP contribution is -2.15. The maximum absolute atomic E-state index is 5.98. The van der Waals surface area contributed by atoms with Crippen molar-refractivity contribution < 1.29 is 4.84 Å². The Kier molecular flexibility index (Phi) is 3.36. The molecule has 0 spiro atoms. The number of halogens is 1. The van der Waals surface area contributed by atoms with Crippen molar-refractivity contribution in [2.24, 2.45) is 10.3 Å². The first-order valence-corrected chi connectivity index (χ1v) is 8.67. The van der Waals surface area contributed by atoms with E-state index >= 15 is 0 Å². The summed E-state index contributed by atoms with van der Waals surface area (Å²) in [6.07, 6.45) is 0. The van der Waals surface area contributed by atoms with Crippen LogP contribution in [0.1, 0.15) is 12.5 Å². The lowest BCUT2D eigenvalue weighted by atomic mass is 10.2. The molecule has 0 N–H and O–H groups in total. The van der Waals surface area contributed by atoms with Crippen LogP contribution >= 0.6 is 19.7 Å². The van der Waals surface area contributed by atoms with Crippen LogP contribution in [0.25, 0.3) is 0 Å². The van der Waals surface area contributed by atoms with E-state index in [-0.39, 0.29) is 5.85 Å². The van der Waals surface area contributed by atoms with Gasteiger partial charge in [-0.1, -0.05) is 47.1 Å². The maximum Gasteiger partial charge on any atom is 0.211 e. The summed E-state index contributed by atoms with van der Waals surface area (Å²) in [6, 6.07) is 17.8. The van der Waals surface area contributed by atoms with E-state index in [1.165, 1.54) is 0 Å². The Labute approximate surface area is 134 Å². The molecule has 0 amide bonds. The van der Waals surface area contributed by atoms with E-state index in [0.717, 1.165) is 22.4 Å². The Morgan fingerprint density at radius 2 is 1.82 bits per heavy atom. The lowest BCUT2D eigenvalue weighted by molar-refractivity contribution is 0.169. The largest absolute Gasteiger partial charge is 0.379 e. The van der Waals surface area contributed by atoms with Crippen molar-refractivity contribution in [3.8, 4) is 0 Å². The van der Waals surface area contributed by atoms with Crippen LogP contribution in [0.3, 0.4) is 0 Å². The van der Waals surface area contributed by atoms with Crippen molar-refractivity contribution in [3.05, 3.63) is 65.2 Å². The fourth-order valence-corrected chi connectivity index (χ4v) is 4.95. The molecule has 0 bridgehead atoms. The summed E-state index contributed by atoms with van der Waals surface area (Å²) in [6.45, 7) is 1.99. The minimum Gasteiger partial charge on any atom is -0.379 e. The highest BCUT2D eigenvalue weighted by molar-refractivity contribution is 7.79. The van der Waals surface area contributed by atoms with E-state index in [0.29, 0.717) is 5.02 Å². The summed E-state index contributed by atoms with van der Waals surface area (Å²) in [5.41, 5.74) is 4.00. The number of oxime groups is 1. The standard InChI is InChI=1S/C16H13ClN3OP/c1-11-16-21-19-15(12-7-9-13(17)10-8-12)22(16)20(18-11)14-5-3-2-4-6-14/h2-10,16H,1H3. The molecule has 2 aliphatic heterocycles. The van der Waals surface area contributed by atoms with E-state index in [1.54, 1.807) is 0 Å². The average molecular weight is 330 g/mol. The molecule has 0 saturated heterocycles. The van der Waals surface area contributed by atoms with Gasteiger partial charge in [0.25, 0.3) is 0 Å². The molecule has 2 heterocycles. The fraction of sp³-hybridized carbons (Fsp3) is 0.125. The third kappa shape index (κ3) is 2.20. The third-order valence-corrected chi connectivity index (χ3v) is 6.25. The molecule has 6 heteroatoms. The van der Waals surface area contributed by atoms with Gasteiger partial charge in [0.05, 0.1) is 11.4 Å². The first kappa shape index (κ1) is 13.7. The molecule has 2 aromatic carbocycles. The van der Waals surface area contributed by atoms with Gasteiger partial charge in [-0.3, -0.25) is 0 Å². The minimum absolute atomic E-state index is 0.0686. The molecule has 22 heavy (non-hydrogen) atoms. The van der Waals surface area contributed by atoms with Crippen LogP contribution in [0.4, 0.5) is 5.69 Å². The van der Waals surface area contributed by atoms with Gasteiger partial charge >= 0.3 is 0 Å². The van der Waals surface area contributed by atoms with E-state index < -0.39 is 8.07 Å². The third-order valence-electron chi connectivity index (χ3n) is 3.58. The second-order valence-corrected chi connectivity index (χ2v) is 7.49. The number of para-hydroxylation sites is 1. The number of hydrogen-bond acceptors (Lipinski definition) is 4. The Morgan fingerprint density at radius 1 is 1.09 bits per heavy atom. The fourth-order valence-electron chi connectivity index (χ4n) is 2.51. The van der Waals surface area contributed by atoms with Crippen molar-refractivity contribution in [2.75, 3.05) is 4.78 Å². The van der Waals surface area contributed by atoms with Crippen LogP contribution in [0.5, 0.6) is 0 Å². The molecule has 0 aromatic heterocycles. The zero-order valence-corrected chi connectivity index (χ0v) is 13.5. The predicted octanol–water partition coefficient (Wildman–Crippen LogP) is 4.65. The summed E-state index contributed by atoms with van der Waals surface area (Å²) in [4.78, 5) is 5.65. The van der Waals surface area contributed by atoms with Gasteiger partial charge in [0.2, 0.25) is 5.85 Å². The predicted molar refractivity (Wildman–Crippen MR) is 91.8 cm³/mol. The quantitative estimate of drug-likeness (QED) is 0.752. The van der Waals surface area contributed by atoms with Gasteiger partial charge in [-0.15, -0.1) is 0 Å². The number of fused-ring (bicyclic) bond motifs is 1. The Bertz CT molecular complexity index is 761. The highest BCUT2D eigenvalue weighted by Crippen LogP contribution is 2.58. The van der Waals surface area contributed by atoms with Gasteiger partial charge in [0.1, 0.15) is 13.5 Å². The zero-order chi connectivity index (χ0) is 15.1. The SMILES string of the molecule is CC1=NN(c2ccccc2)P2C(c3ccc(Cl)cc3)=NOC12. The number of anilines is 1. The molecule has 0 saturated carbocycles. The van der Waals surface area contributed by atoms with Crippen LogP contribution in [-0.2, 0) is 4.84 Å². The number of rotatable bonds is 2. The molecule has 0 radical (unpaired) electrons. The summed E-state index contributed by atoms with van der Waals surface area (Å²) in [5.74, 6) is -0.0686. The highest BCUT2D eigenvalue weighted by Gasteiger charge is 2.46. The van der Waals surface area contributed by atoms with Crippen molar-refractivity contribution in [1.82, 2.24) is 0 Å². The number of hydrazone groups is 1. The average Bonchev–Trinajstić information content (AvgIpc) is 3.11. The van der Waals surface area contributed by atoms with Gasteiger partial charge < -0.3 is 4.84 Å². The lowest BCUT2D eigenvalue weighted by Gasteiger charge is -2.22. The number of benzene rings is 2. The number of hydrogen-bond donors (Lipinski definition) is 0. The highest BCUT2D eigenvalue weighted by atomic mass is 35.5. The topological polar surface area (TPSA) is 37.2 Å². The first-order valence-electron chi connectivity index (χ1n) is 6.93. The molecule has 2 atom stereocenters. The summed E-state index contributed by atoms with van der Waals surface area (Å²) >= 11 is 5.98.